The predicted octanol–water partition coefficient (Wildman–Crippen LogP) is 5.25. The highest BCUT2D eigenvalue weighted by atomic mass is 32.2. The summed E-state index contributed by atoms with van der Waals surface area (Å²) in [6.07, 6.45) is 1.48. The molecule has 0 atom stereocenters. The van der Waals surface area contributed by atoms with Gasteiger partial charge in [0.1, 0.15) is 33.5 Å². The first kappa shape index (κ1) is 21.1. The van der Waals surface area contributed by atoms with Gasteiger partial charge in [-0.2, -0.15) is 0 Å². The standard InChI is InChI=1S/C22H18FN3O3S2/c1-28-15-7-8-18(29-2)17(9-15)26-19(27)11-31-22-20-16(10-30-21(20)24-12-25-22)13-3-5-14(23)6-4-13/h3-10,12H,11H2,1-2H3,(H,26,27). The zero-order valence-electron chi connectivity index (χ0n) is 16.7. The Morgan fingerprint density at radius 2 is 1.94 bits per heavy atom. The molecule has 0 radical (unpaired) electrons. The van der Waals surface area contributed by atoms with Crippen LogP contribution in [0.3, 0.4) is 0 Å². The van der Waals surface area contributed by atoms with E-state index in [1.54, 1.807) is 37.4 Å². The summed E-state index contributed by atoms with van der Waals surface area (Å²) in [5.74, 6) is 0.801. The van der Waals surface area contributed by atoms with Gasteiger partial charge in [0.2, 0.25) is 5.91 Å². The van der Waals surface area contributed by atoms with Gasteiger partial charge in [-0.15, -0.1) is 11.3 Å². The summed E-state index contributed by atoms with van der Waals surface area (Å²) >= 11 is 2.80. The lowest BCUT2D eigenvalue weighted by molar-refractivity contribution is -0.113. The maximum Gasteiger partial charge on any atom is 0.234 e. The van der Waals surface area contributed by atoms with Crippen molar-refractivity contribution in [3.8, 4) is 22.6 Å². The van der Waals surface area contributed by atoms with Crippen LogP contribution in [0.5, 0.6) is 11.5 Å². The molecule has 1 N–H and O–H groups in total. The molecule has 0 bridgehead atoms. The number of carbonyl (C=O) groups excluding carboxylic acids is 1. The number of thioether (sulfide) groups is 1. The second-order valence-corrected chi connectivity index (χ2v) is 8.24. The molecule has 0 aliphatic carbocycles. The van der Waals surface area contributed by atoms with Crippen LogP contribution in [-0.2, 0) is 4.79 Å². The van der Waals surface area contributed by atoms with Crippen LogP contribution < -0.4 is 14.8 Å². The molecule has 0 spiro atoms. The summed E-state index contributed by atoms with van der Waals surface area (Å²) in [6, 6.07) is 11.5. The monoisotopic (exact) mass is 455 g/mol. The van der Waals surface area contributed by atoms with E-state index >= 15 is 0 Å². The maximum atomic E-state index is 13.3. The summed E-state index contributed by atoms with van der Waals surface area (Å²) in [7, 11) is 3.10. The smallest absolute Gasteiger partial charge is 0.234 e. The van der Waals surface area contributed by atoms with E-state index in [2.05, 4.69) is 15.3 Å². The highest BCUT2D eigenvalue weighted by molar-refractivity contribution is 8.00. The number of rotatable bonds is 7. The molecular formula is C22H18FN3O3S2. The summed E-state index contributed by atoms with van der Waals surface area (Å²) in [5.41, 5.74) is 2.32. The molecule has 0 unspecified atom stereocenters. The molecule has 0 aliphatic heterocycles. The molecule has 6 nitrogen and oxygen atoms in total. The van der Waals surface area contributed by atoms with Crippen LogP contribution in [0.25, 0.3) is 21.3 Å². The number of nitrogens with one attached hydrogen (secondary N) is 1. The van der Waals surface area contributed by atoms with Crippen LogP contribution in [0.4, 0.5) is 10.1 Å². The van der Waals surface area contributed by atoms with Crippen LogP contribution in [-0.4, -0.2) is 35.8 Å². The van der Waals surface area contributed by atoms with Gasteiger partial charge < -0.3 is 14.8 Å². The van der Waals surface area contributed by atoms with Gasteiger partial charge in [0, 0.05) is 17.0 Å². The minimum atomic E-state index is -0.293. The number of halogens is 1. The van der Waals surface area contributed by atoms with Gasteiger partial charge in [-0.1, -0.05) is 23.9 Å². The summed E-state index contributed by atoms with van der Waals surface area (Å²) in [6.45, 7) is 0. The van der Waals surface area contributed by atoms with Crippen molar-refractivity contribution in [2.24, 2.45) is 0 Å². The Morgan fingerprint density at radius 3 is 2.68 bits per heavy atom. The van der Waals surface area contributed by atoms with Crippen LogP contribution in [0.2, 0.25) is 0 Å². The lowest BCUT2D eigenvalue weighted by Crippen LogP contribution is -2.15. The van der Waals surface area contributed by atoms with Gasteiger partial charge in [-0.05, 0) is 29.8 Å². The van der Waals surface area contributed by atoms with Crippen LogP contribution in [0.1, 0.15) is 0 Å². The first-order chi connectivity index (χ1) is 15.1. The minimum absolute atomic E-state index is 0.144. The molecule has 2 aromatic carbocycles. The SMILES string of the molecule is COc1ccc(OC)c(NC(=O)CSc2ncnc3scc(-c4ccc(F)cc4)c23)c1. The average Bonchev–Trinajstić information content (AvgIpc) is 3.23. The summed E-state index contributed by atoms with van der Waals surface area (Å²) in [4.78, 5) is 22.1. The van der Waals surface area contributed by atoms with Crippen LogP contribution in [0.15, 0.2) is 59.2 Å². The molecule has 2 heterocycles. The third-order valence-electron chi connectivity index (χ3n) is 4.51. The number of aromatic nitrogens is 2. The normalized spacial score (nSPS) is 10.8. The Balaban J connectivity index is 1.55. The molecular weight excluding hydrogens is 437 g/mol. The Bertz CT molecular complexity index is 1230. The Kier molecular flexibility index (Phi) is 6.34. The Hall–Kier alpha value is -3.17. The Morgan fingerprint density at radius 1 is 1.13 bits per heavy atom. The number of anilines is 1. The lowest BCUT2D eigenvalue weighted by Gasteiger charge is -2.11. The lowest BCUT2D eigenvalue weighted by atomic mass is 10.1. The van der Waals surface area contributed by atoms with Gasteiger partial charge in [-0.3, -0.25) is 4.79 Å². The highest BCUT2D eigenvalue weighted by Gasteiger charge is 2.16. The zero-order chi connectivity index (χ0) is 21.8. The Labute approximate surface area is 186 Å². The number of fused-ring (bicyclic) bond motifs is 1. The van der Waals surface area contributed by atoms with Crippen molar-refractivity contribution < 1.29 is 18.7 Å². The number of methoxy groups -OCH3 is 2. The average molecular weight is 456 g/mol. The van der Waals surface area contributed by atoms with E-state index in [-0.39, 0.29) is 17.5 Å². The van der Waals surface area contributed by atoms with E-state index in [0.717, 1.165) is 21.3 Å². The van der Waals surface area contributed by atoms with E-state index in [1.807, 2.05) is 5.38 Å². The van der Waals surface area contributed by atoms with Crippen molar-refractivity contribution in [2.75, 3.05) is 25.3 Å². The first-order valence-corrected chi connectivity index (χ1v) is 11.1. The molecule has 31 heavy (non-hydrogen) atoms. The second-order valence-electron chi connectivity index (χ2n) is 6.42. The predicted molar refractivity (Wildman–Crippen MR) is 122 cm³/mol. The highest BCUT2D eigenvalue weighted by Crippen LogP contribution is 2.38. The van der Waals surface area contributed by atoms with Gasteiger partial charge in [0.05, 0.1) is 31.0 Å². The number of carbonyl (C=O) groups is 1. The fraction of sp³-hybridized carbons (Fsp3) is 0.136. The van der Waals surface area contributed by atoms with Gasteiger partial charge >= 0.3 is 0 Å². The van der Waals surface area contributed by atoms with Gasteiger partial charge in [-0.25, -0.2) is 14.4 Å². The van der Waals surface area contributed by atoms with Crippen molar-refractivity contribution in [3.63, 3.8) is 0 Å². The largest absolute Gasteiger partial charge is 0.497 e. The third-order valence-corrected chi connectivity index (χ3v) is 6.39. The zero-order valence-corrected chi connectivity index (χ0v) is 18.3. The number of benzene rings is 2. The molecule has 9 heteroatoms. The molecule has 4 rings (SSSR count). The van der Waals surface area contributed by atoms with E-state index < -0.39 is 0 Å². The molecule has 0 saturated carbocycles. The summed E-state index contributed by atoms with van der Waals surface area (Å²) in [5, 5.41) is 6.37. The molecule has 4 aromatic rings. The summed E-state index contributed by atoms with van der Waals surface area (Å²) < 4.78 is 23.8. The molecule has 1 amide bonds. The molecule has 0 aliphatic rings. The van der Waals surface area contributed by atoms with Crippen molar-refractivity contribution in [2.45, 2.75) is 5.03 Å². The van der Waals surface area contributed by atoms with E-state index in [4.69, 9.17) is 9.47 Å². The molecule has 158 valence electrons. The number of hydrogen-bond donors (Lipinski definition) is 1. The van der Waals surface area contributed by atoms with Gasteiger partial charge in [0.15, 0.2) is 0 Å². The fourth-order valence-electron chi connectivity index (χ4n) is 3.03. The maximum absolute atomic E-state index is 13.3. The van der Waals surface area contributed by atoms with Crippen molar-refractivity contribution in [1.29, 1.82) is 0 Å². The second kappa shape index (κ2) is 9.32. The number of hydrogen-bond acceptors (Lipinski definition) is 7. The van der Waals surface area contributed by atoms with Gasteiger partial charge in [0.25, 0.3) is 0 Å². The van der Waals surface area contributed by atoms with Crippen molar-refractivity contribution in [3.05, 3.63) is 60.0 Å². The third kappa shape index (κ3) is 4.62. The van der Waals surface area contributed by atoms with E-state index in [9.17, 15) is 9.18 Å². The van der Waals surface area contributed by atoms with Crippen LogP contribution in [0, 0.1) is 5.82 Å². The van der Waals surface area contributed by atoms with Crippen molar-refractivity contribution in [1.82, 2.24) is 9.97 Å². The molecule has 0 fully saturated rings. The number of amides is 1. The number of ether oxygens (including phenoxy) is 2. The fourth-order valence-corrected chi connectivity index (χ4v) is 4.82. The van der Waals surface area contributed by atoms with E-state index in [1.165, 1.54) is 48.7 Å². The first-order valence-electron chi connectivity index (χ1n) is 9.22. The molecule has 2 aromatic heterocycles. The quantitative estimate of drug-likeness (QED) is 0.303. The topological polar surface area (TPSA) is 73.3 Å². The van der Waals surface area contributed by atoms with Crippen molar-refractivity contribution >= 4 is 44.9 Å². The van der Waals surface area contributed by atoms with Crippen LogP contribution >= 0.6 is 23.1 Å². The van der Waals surface area contributed by atoms with E-state index in [0.29, 0.717) is 22.2 Å². The molecule has 0 saturated heterocycles. The number of nitrogens with zero attached hydrogens (tertiary/aromatic N) is 2. The number of thiophene rings is 1. The minimum Gasteiger partial charge on any atom is -0.497 e.